The molecule has 0 spiro atoms. The Morgan fingerprint density at radius 1 is 1.47 bits per heavy atom. The molecule has 1 atom stereocenters. The highest BCUT2D eigenvalue weighted by atomic mass is 32.2. The molecule has 0 aromatic carbocycles. The van der Waals surface area contributed by atoms with Crippen molar-refractivity contribution in [1.82, 2.24) is 9.88 Å². The average molecular weight is 300 g/mol. The maximum absolute atomic E-state index is 11.8. The maximum Gasteiger partial charge on any atom is 0.352 e. The molecule has 5 nitrogen and oxygen atoms in total. The lowest BCUT2D eigenvalue weighted by Gasteiger charge is -2.21. The summed E-state index contributed by atoms with van der Waals surface area (Å²) < 4.78 is 1.44. The summed E-state index contributed by atoms with van der Waals surface area (Å²) in [7, 11) is 0. The van der Waals surface area contributed by atoms with E-state index in [2.05, 4.69) is 5.32 Å². The van der Waals surface area contributed by atoms with Gasteiger partial charge in [-0.1, -0.05) is 0 Å². The Bertz CT molecular complexity index is 456. The van der Waals surface area contributed by atoms with Crippen LogP contribution in [0.25, 0.3) is 0 Å². The lowest BCUT2D eigenvalue weighted by Crippen LogP contribution is -2.35. The highest BCUT2D eigenvalue weighted by Gasteiger charge is 2.16. The molecule has 2 rings (SSSR count). The number of nitrogens with one attached hydrogen (secondary N) is 1. The number of amides is 1. The molecule has 1 amide bonds. The van der Waals surface area contributed by atoms with Gasteiger partial charge in [0.15, 0.2) is 0 Å². The number of rotatable bonds is 5. The van der Waals surface area contributed by atoms with E-state index in [1.807, 2.05) is 23.5 Å². The summed E-state index contributed by atoms with van der Waals surface area (Å²) in [6.45, 7) is 0.708. The van der Waals surface area contributed by atoms with Crippen molar-refractivity contribution in [2.75, 3.05) is 23.8 Å². The first-order chi connectivity index (χ1) is 9.16. The lowest BCUT2D eigenvalue weighted by molar-refractivity contribution is -0.121. The molecule has 2 heterocycles. The van der Waals surface area contributed by atoms with Crippen LogP contribution < -0.4 is 5.32 Å². The minimum atomic E-state index is -1.02. The van der Waals surface area contributed by atoms with Crippen LogP contribution in [0.1, 0.15) is 10.5 Å². The Kier molecular flexibility index (Phi) is 5.21. The number of nitrogens with zero attached hydrogens (tertiary/aromatic N) is 1. The molecule has 1 unspecified atom stereocenters. The molecule has 7 heteroatoms. The van der Waals surface area contributed by atoms with E-state index < -0.39 is 5.97 Å². The quantitative estimate of drug-likeness (QED) is 0.853. The van der Waals surface area contributed by atoms with Gasteiger partial charge in [0.2, 0.25) is 5.91 Å². The monoisotopic (exact) mass is 300 g/mol. The molecule has 0 bridgehead atoms. The first-order valence-corrected chi connectivity index (χ1v) is 8.21. The van der Waals surface area contributed by atoms with Crippen molar-refractivity contribution in [2.24, 2.45) is 0 Å². The fourth-order valence-electron chi connectivity index (χ4n) is 1.84. The summed E-state index contributed by atoms with van der Waals surface area (Å²) in [5, 5.41) is 12.3. The number of hydrogen-bond donors (Lipinski definition) is 2. The average Bonchev–Trinajstić information content (AvgIpc) is 2.86. The van der Waals surface area contributed by atoms with Crippen LogP contribution in [0.3, 0.4) is 0 Å². The highest BCUT2D eigenvalue weighted by Crippen LogP contribution is 2.23. The molecule has 1 aliphatic heterocycles. The summed E-state index contributed by atoms with van der Waals surface area (Å²) >= 11 is 3.80. The number of carboxylic acid groups (broad SMARTS) is 1. The Labute approximate surface area is 120 Å². The van der Waals surface area contributed by atoms with E-state index in [0.717, 1.165) is 11.5 Å². The van der Waals surface area contributed by atoms with Crippen LogP contribution in [-0.4, -0.2) is 50.6 Å². The second kappa shape index (κ2) is 6.91. The van der Waals surface area contributed by atoms with Gasteiger partial charge in [-0.05, 0) is 12.1 Å². The van der Waals surface area contributed by atoms with Crippen molar-refractivity contribution in [3.05, 3.63) is 24.0 Å². The van der Waals surface area contributed by atoms with E-state index in [0.29, 0.717) is 11.8 Å². The summed E-state index contributed by atoms with van der Waals surface area (Å²) in [5.74, 6) is 2.22. The minimum absolute atomic E-state index is 0.0547. The molecular weight excluding hydrogens is 284 g/mol. The van der Waals surface area contributed by atoms with Crippen molar-refractivity contribution in [2.45, 2.75) is 11.8 Å². The van der Waals surface area contributed by atoms with E-state index in [9.17, 15) is 9.59 Å². The Hall–Kier alpha value is -1.08. The number of carboxylic acids is 1. The predicted octanol–water partition coefficient (Wildman–Crippen LogP) is 1.15. The zero-order chi connectivity index (χ0) is 13.7. The Balaban J connectivity index is 1.80. The highest BCUT2D eigenvalue weighted by molar-refractivity contribution is 8.06. The van der Waals surface area contributed by atoms with Crippen molar-refractivity contribution in [3.63, 3.8) is 0 Å². The molecule has 1 fully saturated rings. The largest absolute Gasteiger partial charge is 0.477 e. The number of aromatic carboxylic acids is 1. The van der Waals surface area contributed by atoms with Gasteiger partial charge in [0.1, 0.15) is 12.2 Å². The first-order valence-electron chi connectivity index (χ1n) is 6.01. The summed E-state index contributed by atoms with van der Waals surface area (Å²) in [5.41, 5.74) is 0.137. The van der Waals surface area contributed by atoms with E-state index >= 15 is 0 Å². The van der Waals surface area contributed by atoms with Crippen LogP contribution in [0.15, 0.2) is 18.3 Å². The number of aromatic nitrogens is 1. The molecule has 1 aromatic heterocycles. The molecule has 1 aromatic rings. The molecule has 104 valence electrons. The van der Waals surface area contributed by atoms with Gasteiger partial charge in [-0.3, -0.25) is 4.79 Å². The predicted molar refractivity (Wildman–Crippen MR) is 78.0 cm³/mol. The van der Waals surface area contributed by atoms with Crippen LogP contribution >= 0.6 is 23.5 Å². The van der Waals surface area contributed by atoms with Crippen LogP contribution in [0.2, 0.25) is 0 Å². The summed E-state index contributed by atoms with van der Waals surface area (Å²) in [4.78, 5) is 22.7. The molecule has 0 radical (unpaired) electrons. The summed E-state index contributed by atoms with van der Waals surface area (Å²) in [6.07, 6.45) is 1.61. The number of carbonyl (C=O) groups excluding carboxylic acids is 1. The second-order valence-corrected chi connectivity index (χ2v) is 6.76. The third-order valence-corrected chi connectivity index (χ3v) is 5.62. The van der Waals surface area contributed by atoms with Crippen molar-refractivity contribution < 1.29 is 14.7 Å². The van der Waals surface area contributed by atoms with E-state index in [1.165, 1.54) is 16.4 Å². The fourth-order valence-corrected chi connectivity index (χ4v) is 4.45. The molecule has 1 aliphatic rings. The SMILES string of the molecule is O=C(Cn1cccc1C(=O)O)NCC1CSCCS1. The van der Waals surface area contributed by atoms with Gasteiger partial charge < -0.3 is 15.0 Å². The minimum Gasteiger partial charge on any atom is -0.477 e. The Morgan fingerprint density at radius 2 is 2.32 bits per heavy atom. The van der Waals surface area contributed by atoms with Crippen molar-refractivity contribution in [1.29, 1.82) is 0 Å². The van der Waals surface area contributed by atoms with Gasteiger partial charge in [-0.15, -0.1) is 0 Å². The van der Waals surface area contributed by atoms with Gasteiger partial charge in [-0.2, -0.15) is 23.5 Å². The number of thioether (sulfide) groups is 2. The van der Waals surface area contributed by atoms with Crippen LogP contribution in [0, 0.1) is 0 Å². The summed E-state index contributed by atoms with van der Waals surface area (Å²) in [6, 6.07) is 3.12. The maximum atomic E-state index is 11.8. The van der Waals surface area contributed by atoms with Gasteiger partial charge in [0.05, 0.1) is 0 Å². The molecular formula is C12H16N2O3S2. The molecule has 1 saturated heterocycles. The smallest absolute Gasteiger partial charge is 0.352 e. The van der Waals surface area contributed by atoms with E-state index in [4.69, 9.17) is 5.11 Å². The van der Waals surface area contributed by atoms with Crippen LogP contribution in [0.5, 0.6) is 0 Å². The third kappa shape index (κ3) is 4.21. The number of carbonyl (C=O) groups is 2. The van der Waals surface area contributed by atoms with Gasteiger partial charge in [0.25, 0.3) is 0 Å². The first kappa shape index (κ1) is 14.3. The van der Waals surface area contributed by atoms with E-state index in [1.54, 1.807) is 12.3 Å². The zero-order valence-electron chi connectivity index (χ0n) is 10.4. The Morgan fingerprint density at radius 3 is 3.00 bits per heavy atom. The van der Waals surface area contributed by atoms with Crippen LogP contribution in [0.4, 0.5) is 0 Å². The third-order valence-electron chi connectivity index (χ3n) is 2.77. The number of hydrogen-bond acceptors (Lipinski definition) is 4. The normalized spacial score (nSPS) is 19.1. The van der Waals surface area contributed by atoms with Gasteiger partial charge in [0, 0.05) is 35.3 Å². The standard InChI is InChI=1S/C12H16N2O3S2/c15-11(13-6-9-8-18-4-5-19-9)7-14-3-1-2-10(14)12(16)17/h1-3,9H,4-8H2,(H,13,15)(H,16,17). The second-order valence-electron chi connectivity index (χ2n) is 4.20. The fraction of sp³-hybridized carbons (Fsp3) is 0.500. The van der Waals surface area contributed by atoms with Gasteiger partial charge >= 0.3 is 5.97 Å². The van der Waals surface area contributed by atoms with Crippen molar-refractivity contribution >= 4 is 35.4 Å². The molecule has 0 aliphatic carbocycles. The van der Waals surface area contributed by atoms with Gasteiger partial charge in [-0.25, -0.2) is 4.79 Å². The molecule has 19 heavy (non-hydrogen) atoms. The lowest BCUT2D eigenvalue weighted by atomic mass is 10.4. The van der Waals surface area contributed by atoms with Crippen LogP contribution in [-0.2, 0) is 11.3 Å². The molecule has 2 N–H and O–H groups in total. The zero-order valence-corrected chi connectivity index (χ0v) is 12.0. The molecule has 0 saturated carbocycles. The van der Waals surface area contributed by atoms with E-state index in [-0.39, 0.29) is 18.1 Å². The topological polar surface area (TPSA) is 71.3 Å². The van der Waals surface area contributed by atoms with Crippen molar-refractivity contribution in [3.8, 4) is 0 Å².